The van der Waals surface area contributed by atoms with Crippen LogP contribution in [0.15, 0.2) is 60.7 Å². The third-order valence-corrected chi connectivity index (χ3v) is 5.03. The predicted octanol–water partition coefficient (Wildman–Crippen LogP) is 2.76. The molecule has 2 atom stereocenters. The number of hydrogen-bond acceptors (Lipinski definition) is 3. The molecule has 0 fully saturated rings. The molecule has 1 amide bonds. The highest BCUT2D eigenvalue weighted by Gasteiger charge is 2.22. The van der Waals surface area contributed by atoms with Gasteiger partial charge < -0.3 is 15.0 Å². The van der Waals surface area contributed by atoms with Gasteiger partial charge in [-0.1, -0.05) is 30.3 Å². The van der Waals surface area contributed by atoms with Crippen molar-refractivity contribution < 1.29 is 14.4 Å². The third kappa shape index (κ3) is 4.30. The second-order valence-electron chi connectivity index (χ2n) is 6.94. The van der Waals surface area contributed by atoms with Crippen LogP contribution in [0.3, 0.4) is 0 Å². The Balaban J connectivity index is 1.69. The van der Waals surface area contributed by atoms with Gasteiger partial charge in [0.15, 0.2) is 6.04 Å². The van der Waals surface area contributed by atoms with E-state index in [9.17, 15) is 10.1 Å². The van der Waals surface area contributed by atoms with Crippen molar-refractivity contribution in [3.63, 3.8) is 0 Å². The van der Waals surface area contributed by atoms with Gasteiger partial charge in [0.25, 0.3) is 5.91 Å². The molecule has 3 rings (SSSR count). The van der Waals surface area contributed by atoms with Crippen LogP contribution in [0.4, 0.5) is 5.69 Å². The number of carbonyl (C=O) groups is 1. The number of quaternary nitrogens is 1. The van der Waals surface area contributed by atoms with Crippen LogP contribution in [0.2, 0.25) is 0 Å². The molecule has 0 aromatic heterocycles. The van der Waals surface area contributed by atoms with Crippen molar-refractivity contribution in [2.75, 3.05) is 19.5 Å². The van der Waals surface area contributed by atoms with Crippen molar-refractivity contribution in [2.45, 2.75) is 19.5 Å². The molecule has 142 valence electrons. The molecule has 0 saturated heterocycles. The van der Waals surface area contributed by atoms with E-state index in [1.807, 2.05) is 38.2 Å². The summed E-state index contributed by atoms with van der Waals surface area (Å²) in [5.74, 6) is 0.733. The summed E-state index contributed by atoms with van der Waals surface area (Å²) in [6.07, 6.45) is 0. The predicted molar refractivity (Wildman–Crippen MR) is 110 cm³/mol. The molecular weight excluding hydrogens is 350 g/mol. The summed E-state index contributed by atoms with van der Waals surface area (Å²) in [5.41, 5.74) is 2.17. The van der Waals surface area contributed by atoms with E-state index in [0.29, 0.717) is 11.3 Å². The number of fused-ring (bicyclic) bond motifs is 1. The Bertz CT molecular complexity index is 1040. The fourth-order valence-corrected chi connectivity index (χ4v) is 3.14. The quantitative estimate of drug-likeness (QED) is 0.697. The van der Waals surface area contributed by atoms with Crippen molar-refractivity contribution in [3.05, 3.63) is 71.8 Å². The van der Waals surface area contributed by atoms with Crippen LogP contribution < -0.4 is 15.0 Å². The number of para-hydroxylation sites is 1. The maximum absolute atomic E-state index is 12.6. The fraction of sp³-hybridized carbons (Fsp3) is 0.217. The number of nitriles is 1. The first-order chi connectivity index (χ1) is 13.5. The van der Waals surface area contributed by atoms with Gasteiger partial charge in [-0.3, -0.25) is 4.79 Å². The Morgan fingerprint density at radius 3 is 2.61 bits per heavy atom. The summed E-state index contributed by atoms with van der Waals surface area (Å²) in [6.45, 7) is 2.61. The van der Waals surface area contributed by atoms with E-state index < -0.39 is 0 Å². The van der Waals surface area contributed by atoms with Gasteiger partial charge in [-0.15, -0.1) is 0 Å². The molecule has 0 aliphatic carbocycles. The lowest BCUT2D eigenvalue weighted by Crippen LogP contribution is -3.12. The van der Waals surface area contributed by atoms with E-state index in [4.69, 9.17) is 4.74 Å². The maximum Gasteiger partial charge on any atom is 0.282 e. The normalized spacial score (nSPS) is 12.8. The van der Waals surface area contributed by atoms with Gasteiger partial charge in [0.1, 0.15) is 18.4 Å². The summed E-state index contributed by atoms with van der Waals surface area (Å²) in [7, 11) is 3.66. The number of nitrogens with zero attached hydrogens (tertiary/aromatic N) is 1. The van der Waals surface area contributed by atoms with Gasteiger partial charge in [-0.05, 0) is 48.0 Å². The molecule has 5 heteroatoms. The zero-order chi connectivity index (χ0) is 20.1. The lowest BCUT2D eigenvalue weighted by molar-refractivity contribution is -0.907. The van der Waals surface area contributed by atoms with Crippen LogP contribution in [0.1, 0.15) is 18.1 Å². The number of nitrogens with one attached hydrogen (secondary N) is 2. The minimum atomic E-state index is -0.265. The lowest BCUT2D eigenvalue weighted by atomic mass is 10.1. The highest BCUT2D eigenvalue weighted by molar-refractivity contribution is 5.94. The Labute approximate surface area is 165 Å². The second kappa shape index (κ2) is 8.55. The zero-order valence-corrected chi connectivity index (χ0v) is 16.3. The average Bonchev–Trinajstić information content (AvgIpc) is 2.73. The van der Waals surface area contributed by atoms with E-state index in [1.165, 1.54) is 0 Å². The summed E-state index contributed by atoms with van der Waals surface area (Å²) in [5, 5.41) is 14.3. The van der Waals surface area contributed by atoms with Crippen LogP contribution in [-0.2, 0) is 11.3 Å². The van der Waals surface area contributed by atoms with Crippen LogP contribution in [0.25, 0.3) is 10.8 Å². The van der Waals surface area contributed by atoms with Gasteiger partial charge in [0.2, 0.25) is 0 Å². The van der Waals surface area contributed by atoms with Gasteiger partial charge in [-0.25, -0.2) is 0 Å². The number of benzene rings is 3. The molecule has 0 radical (unpaired) electrons. The molecule has 28 heavy (non-hydrogen) atoms. The number of ether oxygens (including phenoxy) is 1. The number of hydrogen-bond donors (Lipinski definition) is 2. The topological polar surface area (TPSA) is 66.6 Å². The third-order valence-electron chi connectivity index (χ3n) is 5.03. The molecule has 3 aromatic rings. The van der Waals surface area contributed by atoms with E-state index in [2.05, 4.69) is 29.6 Å². The molecule has 0 bridgehead atoms. The van der Waals surface area contributed by atoms with Crippen molar-refractivity contribution in [2.24, 2.45) is 0 Å². The van der Waals surface area contributed by atoms with E-state index in [-0.39, 0.29) is 11.9 Å². The van der Waals surface area contributed by atoms with Crippen molar-refractivity contribution in [1.82, 2.24) is 0 Å². The van der Waals surface area contributed by atoms with Crippen LogP contribution in [0, 0.1) is 11.3 Å². The van der Waals surface area contributed by atoms with E-state index in [0.717, 1.165) is 33.5 Å². The lowest BCUT2D eigenvalue weighted by Gasteiger charge is -2.21. The van der Waals surface area contributed by atoms with Crippen LogP contribution in [-0.4, -0.2) is 26.1 Å². The SMILES string of the molecule is COc1ccc2cc(C[NH+](C)[C@H](C)C(=O)Nc3ccccc3C#N)ccc2c1. The zero-order valence-electron chi connectivity index (χ0n) is 16.3. The molecule has 2 N–H and O–H groups in total. The summed E-state index contributed by atoms with van der Waals surface area (Å²) in [4.78, 5) is 13.7. The molecular formula is C23H24N3O2+. The van der Waals surface area contributed by atoms with E-state index >= 15 is 0 Å². The monoisotopic (exact) mass is 374 g/mol. The first-order valence-electron chi connectivity index (χ1n) is 9.21. The standard InChI is InChI=1S/C23H23N3O2/c1-16(23(27)25-22-7-5-4-6-20(22)14-24)26(2)15-17-8-9-19-13-21(28-3)11-10-18(19)12-17/h4-13,16H,15H2,1-3H3,(H,25,27)/p+1/t16-/m1/s1. The second-order valence-corrected chi connectivity index (χ2v) is 6.94. The molecule has 3 aromatic carbocycles. The van der Waals surface area contributed by atoms with Crippen LogP contribution in [0.5, 0.6) is 5.75 Å². The van der Waals surface area contributed by atoms with Crippen LogP contribution >= 0.6 is 0 Å². The summed E-state index contributed by atoms with van der Waals surface area (Å²) < 4.78 is 5.27. The Morgan fingerprint density at radius 1 is 1.14 bits per heavy atom. The number of anilines is 1. The van der Waals surface area contributed by atoms with E-state index in [1.54, 1.807) is 25.3 Å². The summed E-state index contributed by atoms with van der Waals surface area (Å²) >= 11 is 0. The number of carbonyl (C=O) groups excluding carboxylic acids is 1. The highest BCUT2D eigenvalue weighted by Crippen LogP contribution is 2.21. The maximum atomic E-state index is 12.6. The van der Waals surface area contributed by atoms with Gasteiger partial charge in [-0.2, -0.15) is 5.26 Å². The average molecular weight is 374 g/mol. The molecule has 1 unspecified atom stereocenters. The molecule has 0 heterocycles. The molecule has 0 aliphatic heterocycles. The summed E-state index contributed by atoms with van der Waals surface area (Å²) in [6, 6.07) is 21.2. The first kappa shape index (κ1) is 19.4. The minimum absolute atomic E-state index is 0.106. The Kier molecular flexibility index (Phi) is 5.93. The molecule has 5 nitrogen and oxygen atoms in total. The number of methoxy groups -OCH3 is 1. The molecule has 0 spiro atoms. The van der Waals surface area contributed by atoms with Gasteiger partial charge in [0.05, 0.1) is 25.4 Å². The Hall–Kier alpha value is -3.36. The largest absolute Gasteiger partial charge is 0.497 e. The van der Waals surface area contributed by atoms with Gasteiger partial charge in [0, 0.05) is 5.56 Å². The smallest absolute Gasteiger partial charge is 0.282 e. The number of rotatable bonds is 6. The number of amides is 1. The minimum Gasteiger partial charge on any atom is -0.497 e. The first-order valence-corrected chi connectivity index (χ1v) is 9.21. The van der Waals surface area contributed by atoms with Gasteiger partial charge >= 0.3 is 0 Å². The number of likely N-dealkylation sites (N-methyl/N-ethyl adjacent to an activating group) is 1. The van der Waals surface area contributed by atoms with Crippen molar-refractivity contribution in [3.8, 4) is 11.8 Å². The van der Waals surface area contributed by atoms with Crippen molar-refractivity contribution in [1.29, 1.82) is 5.26 Å². The molecule has 0 saturated carbocycles. The Morgan fingerprint density at radius 2 is 1.86 bits per heavy atom. The highest BCUT2D eigenvalue weighted by atomic mass is 16.5. The van der Waals surface area contributed by atoms with Crippen molar-refractivity contribution >= 4 is 22.4 Å². The molecule has 0 aliphatic rings. The fourth-order valence-electron chi connectivity index (χ4n) is 3.14.